The molecule has 0 radical (unpaired) electrons. The van der Waals surface area contributed by atoms with E-state index in [0.717, 1.165) is 0 Å². The van der Waals surface area contributed by atoms with Gasteiger partial charge in [0.15, 0.2) is 5.71 Å². The van der Waals surface area contributed by atoms with Gasteiger partial charge in [-0.15, -0.1) is 0 Å². The molecule has 0 aliphatic rings. The molecule has 0 unspecified atom stereocenters. The summed E-state index contributed by atoms with van der Waals surface area (Å²) in [7, 11) is 0. The Morgan fingerprint density at radius 1 is 0.969 bits per heavy atom. The van der Waals surface area contributed by atoms with Crippen molar-refractivity contribution >= 4 is 46.1 Å². The second-order valence-electron chi connectivity index (χ2n) is 6.25. The Balaban J connectivity index is 2.44. The first-order valence-corrected chi connectivity index (χ1v) is 8.83. The van der Waals surface area contributed by atoms with Crippen molar-refractivity contribution in [2.45, 2.75) is 13.8 Å². The largest absolute Gasteiger partial charge is 0.350 e. The van der Waals surface area contributed by atoms with Crippen LogP contribution in [0.25, 0.3) is 0 Å². The van der Waals surface area contributed by atoms with Gasteiger partial charge in [0.2, 0.25) is 0 Å². The highest BCUT2D eigenvalue weighted by Crippen LogP contribution is 2.26. The van der Waals surface area contributed by atoms with Crippen LogP contribution in [0.1, 0.15) is 12.5 Å². The average molecular weight is 442 g/mol. The molecule has 2 rings (SSSR count). The number of hydrogen-bond acceptors (Lipinski definition) is 9. The number of amides is 3. The first-order chi connectivity index (χ1) is 15.1. The molecule has 14 heteroatoms. The Morgan fingerprint density at radius 3 is 2.25 bits per heavy atom. The minimum Gasteiger partial charge on any atom is -0.350 e. The second kappa shape index (κ2) is 10.2. The van der Waals surface area contributed by atoms with Crippen molar-refractivity contribution in [1.82, 2.24) is 5.43 Å². The summed E-state index contributed by atoms with van der Waals surface area (Å²) < 4.78 is 0. The molecule has 0 aromatic heterocycles. The molecule has 0 atom stereocenters. The number of benzene rings is 2. The van der Waals surface area contributed by atoms with Gasteiger partial charge in [0.25, 0.3) is 17.3 Å². The molecule has 14 nitrogen and oxygen atoms in total. The zero-order valence-corrected chi connectivity index (χ0v) is 16.9. The number of aryl methyl sites for hydroxylation is 1. The molecule has 5 N–H and O–H groups in total. The van der Waals surface area contributed by atoms with E-state index in [-0.39, 0.29) is 28.5 Å². The van der Waals surface area contributed by atoms with Crippen LogP contribution in [-0.4, -0.2) is 33.2 Å². The van der Waals surface area contributed by atoms with Gasteiger partial charge >= 0.3 is 6.03 Å². The van der Waals surface area contributed by atoms with Crippen LogP contribution in [-0.2, 0) is 4.79 Å². The van der Waals surface area contributed by atoms with Crippen LogP contribution in [0.2, 0.25) is 0 Å². The van der Waals surface area contributed by atoms with E-state index in [9.17, 15) is 29.8 Å². The van der Waals surface area contributed by atoms with Crippen LogP contribution < -0.4 is 21.9 Å². The van der Waals surface area contributed by atoms with Crippen LogP contribution in [0.4, 0.5) is 27.5 Å². The molecule has 0 aliphatic heterocycles. The van der Waals surface area contributed by atoms with Crippen molar-refractivity contribution in [2.75, 3.05) is 10.7 Å². The number of carbonyl (C=O) groups excluding carboxylic acids is 2. The second-order valence-corrected chi connectivity index (χ2v) is 6.25. The topological polar surface area (TPSA) is 207 Å². The minimum absolute atomic E-state index is 0.0211. The van der Waals surface area contributed by atoms with Gasteiger partial charge in [-0.25, -0.2) is 10.2 Å². The quantitative estimate of drug-likeness (QED) is 0.272. The maximum Gasteiger partial charge on any atom is 0.332 e. The fourth-order valence-electron chi connectivity index (χ4n) is 2.41. The minimum atomic E-state index is -1.01. The summed E-state index contributed by atoms with van der Waals surface area (Å²) in [4.78, 5) is 44.9. The highest BCUT2D eigenvalue weighted by molar-refractivity contribution is 6.68. The van der Waals surface area contributed by atoms with Gasteiger partial charge in [-0.1, -0.05) is 18.2 Å². The molecule has 0 heterocycles. The summed E-state index contributed by atoms with van der Waals surface area (Å²) >= 11 is 0. The number of nitro groups is 2. The normalized spacial score (nSPS) is 11.4. The van der Waals surface area contributed by atoms with Crippen LogP contribution in [0.5, 0.6) is 0 Å². The van der Waals surface area contributed by atoms with Crippen molar-refractivity contribution < 1.29 is 19.4 Å². The Hall–Kier alpha value is -4.88. The van der Waals surface area contributed by atoms with E-state index in [1.54, 1.807) is 13.0 Å². The van der Waals surface area contributed by atoms with Gasteiger partial charge in [0.05, 0.1) is 15.6 Å². The van der Waals surface area contributed by atoms with Crippen molar-refractivity contribution in [1.29, 1.82) is 0 Å². The zero-order valence-electron chi connectivity index (χ0n) is 16.9. The fourth-order valence-corrected chi connectivity index (χ4v) is 2.41. The van der Waals surface area contributed by atoms with Crippen molar-refractivity contribution in [2.24, 2.45) is 15.9 Å². The molecule has 166 valence electrons. The molecular formula is C18H18N8O6. The number of nitro benzene ring substituents is 2. The highest BCUT2D eigenvalue weighted by Gasteiger charge is 2.21. The number of hydrogen-bond donors (Lipinski definition) is 4. The van der Waals surface area contributed by atoms with E-state index >= 15 is 0 Å². The summed E-state index contributed by atoms with van der Waals surface area (Å²) in [5.41, 5.74) is 8.58. The standard InChI is InChI=1S/C18H18N8O6/c1-10-7-8-13(15(9-10)26(31)32)22-23-16(11(2)21-24-18(19)28)17(27)20-12-5-3-4-6-14(12)25(29)30/h3-9,22H,1-2H3,(H,20,27)(H3,19,24,28)/b21-11-,23-16+. The van der Waals surface area contributed by atoms with E-state index in [2.05, 4.69) is 20.9 Å². The summed E-state index contributed by atoms with van der Waals surface area (Å²) in [5, 5.41) is 32.3. The molecule has 3 amide bonds. The van der Waals surface area contributed by atoms with Gasteiger partial charge in [0, 0.05) is 12.1 Å². The molecule has 0 aliphatic carbocycles. The smallest absolute Gasteiger partial charge is 0.332 e. The van der Waals surface area contributed by atoms with Crippen LogP contribution in [0, 0.1) is 27.2 Å². The fraction of sp³-hybridized carbons (Fsp3) is 0.111. The Morgan fingerprint density at radius 2 is 1.62 bits per heavy atom. The molecule has 0 saturated heterocycles. The molecule has 2 aromatic carbocycles. The number of anilines is 2. The number of para-hydroxylation sites is 2. The summed E-state index contributed by atoms with van der Waals surface area (Å²) in [6, 6.07) is 8.67. The van der Waals surface area contributed by atoms with Crippen LogP contribution in [0.3, 0.4) is 0 Å². The average Bonchev–Trinajstić information content (AvgIpc) is 2.73. The van der Waals surface area contributed by atoms with Crippen molar-refractivity contribution in [3.8, 4) is 0 Å². The molecule has 2 aromatic rings. The predicted octanol–water partition coefficient (Wildman–Crippen LogP) is 2.26. The number of nitrogens with zero attached hydrogens (tertiary/aromatic N) is 4. The number of carbonyl (C=O) groups is 2. The predicted molar refractivity (Wildman–Crippen MR) is 116 cm³/mol. The lowest BCUT2D eigenvalue weighted by Gasteiger charge is -2.10. The zero-order chi connectivity index (χ0) is 23.8. The molecule has 32 heavy (non-hydrogen) atoms. The van der Waals surface area contributed by atoms with Crippen LogP contribution in [0.15, 0.2) is 52.7 Å². The highest BCUT2D eigenvalue weighted by atomic mass is 16.6. The third kappa shape index (κ3) is 6.06. The van der Waals surface area contributed by atoms with E-state index in [4.69, 9.17) is 5.73 Å². The Bertz CT molecular complexity index is 1140. The molecular weight excluding hydrogens is 424 g/mol. The van der Waals surface area contributed by atoms with E-state index in [1.807, 2.05) is 5.43 Å². The lowest BCUT2D eigenvalue weighted by Crippen LogP contribution is -2.33. The summed E-state index contributed by atoms with van der Waals surface area (Å²) in [5.74, 6) is -0.936. The maximum absolute atomic E-state index is 12.8. The van der Waals surface area contributed by atoms with Gasteiger partial charge in [-0.3, -0.25) is 30.4 Å². The number of nitrogens with one attached hydrogen (secondary N) is 3. The van der Waals surface area contributed by atoms with E-state index in [0.29, 0.717) is 5.56 Å². The Kier molecular flexibility index (Phi) is 7.49. The van der Waals surface area contributed by atoms with Gasteiger partial charge < -0.3 is 11.1 Å². The lowest BCUT2D eigenvalue weighted by atomic mass is 10.2. The summed E-state index contributed by atoms with van der Waals surface area (Å²) in [6.07, 6.45) is 0. The number of rotatable bonds is 8. The molecule has 0 saturated carbocycles. The van der Waals surface area contributed by atoms with Gasteiger partial charge in [-0.05, 0) is 31.5 Å². The number of nitrogens with two attached hydrogens (primary N) is 1. The molecule has 0 fully saturated rings. The van der Waals surface area contributed by atoms with Crippen LogP contribution >= 0.6 is 0 Å². The number of primary amides is 1. The van der Waals surface area contributed by atoms with Crippen molar-refractivity contribution in [3.63, 3.8) is 0 Å². The number of urea groups is 1. The monoisotopic (exact) mass is 442 g/mol. The van der Waals surface area contributed by atoms with E-state index in [1.165, 1.54) is 43.3 Å². The van der Waals surface area contributed by atoms with Gasteiger partial charge in [0.1, 0.15) is 11.4 Å². The molecule has 0 bridgehead atoms. The molecule has 0 spiro atoms. The van der Waals surface area contributed by atoms with E-state index < -0.39 is 27.5 Å². The first kappa shape index (κ1) is 23.4. The summed E-state index contributed by atoms with van der Waals surface area (Å²) in [6.45, 7) is 2.97. The third-order valence-corrected chi connectivity index (χ3v) is 3.88. The lowest BCUT2D eigenvalue weighted by molar-refractivity contribution is -0.384. The van der Waals surface area contributed by atoms with Gasteiger partial charge in [-0.2, -0.15) is 10.2 Å². The SMILES string of the molecule is CC(=N/NC(N)=O)/C(=N\Nc1ccc(C)cc1[N+](=O)[O-])C(=O)Nc1ccccc1[N+](=O)[O-]. The first-order valence-electron chi connectivity index (χ1n) is 8.83. The van der Waals surface area contributed by atoms with Crippen molar-refractivity contribution in [3.05, 3.63) is 68.3 Å². The Labute approximate surface area is 180 Å². The maximum atomic E-state index is 12.8. The third-order valence-electron chi connectivity index (χ3n) is 3.88. The number of hydrazone groups is 2.